The van der Waals surface area contributed by atoms with E-state index in [4.69, 9.17) is 9.47 Å². The van der Waals surface area contributed by atoms with Crippen molar-refractivity contribution in [2.75, 3.05) is 16.8 Å². The summed E-state index contributed by atoms with van der Waals surface area (Å²) in [6, 6.07) is 15.8. The first-order valence-electron chi connectivity index (χ1n) is 8.51. The number of nitrogens with one attached hydrogen (secondary N) is 2. The topological polar surface area (TPSA) is 93.7 Å². The molecule has 29 heavy (non-hydrogen) atoms. The Labute approximate surface area is 166 Å². The van der Waals surface area contributed by atoms with E-state index in [0.717, 1.165) is 6.07 Å². The van der Waals surface area contributed by atoms with Crippen molar-refractivity contribution >= 4 is 27.3 Å². The molecule has 1 aliphatic heterocycles. The molecule has 2 N–H and O–H groups in total. The lowest BCUT2D eigenvalue weighted by molar-refractivity contribution is 0.102. The molecule has 0 atom stereocenters. The molecule has 3 aromatic carbocycles. The van der Waals surface area contributed by atoms with E-state index >= 15 is 0 Å². The summed E-state index contributed by atoms with van der Waals surface area (Å²) in [5.41, 5.74) is 0.416. The monoisotopic (exact) mass is 414 g/mol. The van der Waals surface area contributed by atoms with Crippen LogP contribution in [-0.4, -0.2) is 21.1 Å². The third kappa shape index (κ3) is 3.99. The van der Waals surface area contributed by atoms with E-state index in [9.17, 15) is 17.6 Å². The number of fused-ring (bicyclic) bond motifs is 1. The summed E-state index contributed by atoms with van der Waals surface area (Å²) in [7, 11) is -4.08. The molecule has 1 aliphatic rings. The van der Waals surface area contributed by atoms with Gasteiger partial charge in [-0.2, -0.15) is 0 Å². The van der Waals surface area contributed by atoms with Crippen molar-refractivity contribution in [1.82, 2.24) is 0 Å². The number of ether oxygens (including phenoxy) is 2. The summed E-state index contributed by atoms with van der Waals surface area (Å²) in [5, 5.41) is 2.68. The largest absolute Gasteiger partial charge is 0.454 e. The van der Waals surface area contributed by atoms with Crippen LogP contribution in [0.3, 0.4) is 0 Å². The van der Waals surface area contributed by atoms with Crippen molar-refractivity contribution in [2.45, 2.75) is 4.90 Å². The van der Waals surface area contributed by atoms with Crippen LogP contribution >= 0.6 is 0 Å². The van der Waals surface area contributed by atoms with Gasteiger partial charge in [0.15, 0.2) is 11.5 Å². The summed E-state index contributed by atoms with van der Waals surface area (Å²) in [4.78, 5) is 12.4. The fourth-order valence-corrected chi connectivity index (χ4v) is 3.84. The van der Waals surface area contributed by atoms with Crippen LogP contribution in [0.4, 0.5) is 15.8 Å². The number of benzene rings is 3. The van der Waals surface area contributed by atoms with Gasteiger partial charge >= 0.3 is 0 Å². The van der Waals surface area contributed by atoms with Crippen molar-refractivity contribution in [3.8, 4) is 11.5 Å². The maximum absolute atomic E-state index is 13.8. The summed E-state index contributed by atoms with van der Waals surface area (Å²) in [6.07, 6.45) is 0. The second kappa shape index (κ2) is 7.44. The molecule has 0 saturated carbocycles. The van der Waals surface area contributed by atoms with Crippen LogP contribution < -0.4 is 19.5 Å². The number of rotatable bonds is 5. The Hall–Kier alpha value is -3.59. The quantitative estimate of drug-likeness (QED) is 0.665. The van der Waals surface area contributed by atoms with Gasteiger partial charge < -0.3 is 14.8 Å². The number of hydrogen-bond donors (Lipinski definition) is 2. The first-order chi connectivity index (χ1) is 13.9. The standard InChI is InChI=1S/C20H15FN2O5S/c21-16-6-1-2-7-17(16)23-29(25,26)15-5-3-4-13(10-15)20(24)22-14-8-9-18-19(11-14)28-12-27-18/h1-11,23H,12H2,(H,22,24). The van der Waals surface area contributed by atoms with Crippen LogP contribution in [0.25, 0.3) is 0 Å². The van der Waals surface area contributed by atoms with Gasteiger partial charge in [0, 0.05) is 17.3 Å². The zero-order valence-corrected chi connectivity index (χ0v) is 15.7. The molecule has 3 aromatic rings. The maximum Gasteiger partial charge on any atom is 0.262 e. The van der Waals surface area contributed by atoms with Crippen molar-refractivity contribution in [3.05, 3.63) is 78.1 Å². The van der Waals surface area contributed by atoms with E-state index in [1.54, 1.807) is 18.2 Å². The lowest BCUT2D eigenvalue weighted by Gasteiger charge is -2.10. The molecule has 0 aliphatic carbocycles. The van der Waals surface area contributed by atoms with Crippen LogP contribution in [-0.2, 0) is 10.0 Å². The van der Waals surface area contributed by atoms with Gasteiger partial charge in [-0.25, -0.2) is 12.8 Å². The third-order valence-electron chi connectivity index (χ3n) is 4.16. The lowest BCUT2D eigenvalue weighted by atomic mass is 10.2. The molecule has 148 valence electrons. The summed E-state index contributed by atoms with van der Waals surface area (Å²) < 4.78 is 51.6. The van der Waals surface area contributed by atoms with Gasteiger partial charge in [0.25, 0.3) is 15.9 Å². The highest BCUT2D eigenvalue weighted by atomic mass is 32.2. The Morgan fingerprint density at radius 1 is 0.931 bits per heavy atom. The molecule has 0 aromatic heterocycles. The lowest BCUT2D eigenvalue weighted by Crippen LogP contribution is -2.16. The second-order valence-electron chi connectivity index (χ2n) is 6.14. The second-order valence-corrected chi connectivity index (χ2v) is 7.82. The highest BCUT2D eigenvalue weighted by Gasteiger charge is 2.19. The molecule has 9 heteroatoms. The Kier molecular flexibility index (Phi) is 4.81. The summed E-state index contributed by atoms with van der Waals surface area (Å²) in [5.74, 6) is -0.122. The number of para-hydroxylation sites is 1. The Morgan fingerprint density at radius 3 is 2.55 bits per heavy atom. The van der Waals surface area contributed by atoms with Gasteiger partial charge in [-0.15, -0.1) is 0 Å². The average Bonchev–Trinajstić information content (AvgIpc) is 3.17. The van der Waals surface area contributed by atoms with Crippen LogP contribution in [0.1, 0.15) is 10.4 Å². The molecule has 0 fully saturated rings. The Bertz CT molecular complexity index is 1200. The van der Waals surface area contributed by atoms with Gasteiger partial charge in [0.1, 0.15) is 5.82 Å². The van der Waals surface area contributed by atoms with Gasteiger partial charge in [0.05, 0.1) is 10.6 Å². The van der Waals surface area contributed by atoms with Gasteiger partial charge in [0.2, 0.25) is 6.79 Å². The molecular weight excluding hydrogens is 399 g/mol. The third-order valence-corrected chi connectivity index (χ3v) is 5.52. The number of hydrogen-bond acceptors (Lipinski definition) is 5. The molecule has 1 heterocycles. The Morgan fingerprint density at radius 2 is 1.72 bits per heavy atom. The number of anilines is 2. The van der Waals surface area contributed by atoms with E-state index in [-0.39, 0.29) is 22.9 Å². The number of carbonyl (C=O) groups is 1. The van der Waals surface area contributed by atoms with Gasteiger partial charge in [-0.3, -0.25) is 9.52 Å². The SMILES string of the molecule is O=C(Nc1ccc2c(c1)OCO2)c1cccc(S(=O)(=O)Nc2ccccc2F)c1. The minimum Gasteiger partial charge on any atom is -0.454 e. The van der Waals surface area contributed by atoms with E-state index < -0.39 is 21.7 Å². The Balaban J connectivity index is 1.55. The van der Waals surface area contributed by atoms with Crippen molar-refractivity contribution < 1.29 is 27.1 Å². The first kappa shape index (κ1) is 18.8. The molecule has 7 nitrogen and oxygen atoms in total. The molecule has 0 unspecified atom stereocenters. The number of halogens is 1. The van der Waals surface area contributed by atoms with E-state index in [2.05, 4.69) is 10.0 Å². The van der Waals surface area contributed by atoms with Crippen LogP contribution in [0, 0.1) is 5.82 Å². The van der Waals surface area contributed by atoms with Crippen LogP contribution in [0.5, 0.6) is 11.5 Å². The predicted octanol–water partition coefficient (Wildman–Crippen LogP) is 3.61. The molecular formula is C20H15FN2O5S. The minimum atomic E-state index is -4.08. The molecule has 0 saturated heterocycles. The summed E-state index contributed by atoms with van der Waals surface area (Å²) in [6.45, 7) is 0.113. The number of amides is 1. The van der Waals surface area contributed by atoms with Gasteiger partial charge in [-0.1, -0.05) is 18.2 Å². The van der Waals surface area contributed by atoms with E-state index in [1.807, 2.05) is 0 Å². The smallest absolute Gasteiger partial charge is 0.262 e. The molecule has 0 bridgehead atoms. The highest BCUT2D eigenvalue weighted by molar-refractivity contribution is 7.92. The van der Waals surface area contributed by atoms with Crippen molar-refractivity contribution in [2.24, 2.45) is 0 Å². The number of carbonyl (C=O) groups excluding carboxylic acids is 1. The van der Waals surface area contributed by atoms with E-state index in [1.165, 1.54) is 42.5 Å². The molecule has 4 rings (SSSR count). The molecule has 0 radical (unpaired) electrons. The molecule has 0 spiro atoms. The normalized spacial score (nSPS) is 12.4. The maximum atomic E-state index is 13.8. The van der Waals surface area contributed by atoms with Crippen LogP contribution in [0.15, 0.2) is 71.6 Å². The predicted molar refractivity (Wildman–Crippen MR) is 104 cm³/mol. The molecule has 1 amide bonds. The van der Waals surface area contributed by atoms with Gasteiger partial charge in [-0.05, 0) is 42.5 Å². The first-order valence-corrected chi connectivity index (χ1v) is 9.99. The fourth-order valence-electron chi connectivity index (χ4n) is 2.73. The highest BCUT2D eigenvalue weighted by Crippen LogP contribution is 2.34. The summed E-state index contributed by atoms with van der Waals surface area (Å²) >= 11 is 0. The van der Waals surface area contributed by atoms with Crippen molar-refractivity contribution in [1.29, 1.82) is 0 Å². The van der Waals surface area contributed by atoms with E-state index in [0.29, 0.717) is 17.2 Å². The minimum absolute atomic E-state index is 0.113. The fraction of sp³-hybridized carbons (Fsp3) is 0.0500. The average molecular weight is 414 g/mol. The number of sulfonamides is 1. The zero-order valence-electron chi connectivity index (χ0n) is 14.9. The van der Waals surface area contributed by atoms with Crippen molar-refractivity contribution in [3.63, 3.8) is 0 Å². The van der Waals surface area contributed by atoms with Crippen LogP contribution in [0.2, 0.25) is 0 Å². The zero-order chi connectivity index (χ0) is 20.4.